The number of pyridine rings is 1. The lowest BCUT2D eigenvalue weighted by Crippen LogP contribution is -2.22. The van der Waals surface area contributed by atoms with E-state index < -0.39 is 0 Å². The second-order valence-corrected chi connectivity index (χ2v) is 4.45. The van der Waals surface area contributed by atoms with Crippen LogP contribution in [0.1, 0.15) is 20.9 Å². The number of aromatic nitrogens is 2. The van der Waals surface area contributed by atoms with Crippen molar-refractivity contribution in [1.82, 2.24) is 15.3 Å². The van der Waals surface area contributed by atoms with E-state index in [0.717, 1.165) is 10.6 Å². The molecule has 0 fully saturated rings. The van der Waals surface area contributed by atoms with Crippen molar-refractivity contribution in [3.05, 3.63) is 40.0 Å². The number of carbonyl (C=O) groups is 1. The highest BCUT2D eigenvalue weighted by atomic mass is 32.1. The molecule has 0 unspecified atom stereocenters. The second kappa shape index (κ2) is 4.92. The fourth-order valence-electron chi connectivity index (χ4n) is 1.35. The van der Waals surface area contributed by atoms with Crippen LogP contribution in [0.4, 0.5) is 5.82 Å². The molecule has 2 heterocycles. The van der Waals surface area contributed by atoms with Crippen LogP contribution < -0.4 is 11.1 Å². The van der Waals surface area contributed by atoms with Crippen LogP contribution >= 0.6 is 11.3 Å². The maximum atomic E-state index is 11.8. The number of anilines is 1. The van der Waals surface area contributed by atoms with E-state index in [0.29, 0.717) is 17.9 Å². The molecule has 1 amide bonds. The summed E-state index contributed by atoms with van der Waals surface area (Å²) in [5.41, 5.74) is 8.74. The van der Waals surface area contributed by atoms with E-state index >= 15 is 0 Å². The first-order chi connectivity index (χ1) is 8.16. The summed E-state index contributed by atoms with van der Waals surface area (Å²) in [6.07, 6.45) is 1.52. The van der Waals surface area contributed by atoms with Gasteiger partial charge in [-0.3, -0.25) is 4.79 Å². The number of nitrogens with one attached hydrogen (secondary N) is 1. The van der Waals surface area contributed by atoms with Gasteiger partial charge in [-0.2, -0.15) is 0 Å². The molecule has 0 radical (unpaired) electrons. The van der Waals surface area contributed by atoms with Crippen molar-refractivity contribution in [2.24, 2.45) is 0 Å². The van der Waals surface area contributed by atoms with Crippen molar-refractivity contribution in [3.63, 3.8) is 0 Å². The molecule has 2 aromatic heterocycles. The number of nitrogens with two attached hydrogens (primary N) is 1. The molecule has 88 valence electrons. The second-order valence-electron chi connectivity index (χ2n) is 3.51. The molecule has 2 rings (SSSR count). The Morgan fingerprint density at radius 1 is 1.53 bits per heavy atom. The molecule has 17 heavy (non-hydrogen) atoms. The first kappa shape index (κ1) is 11.5. The number of hydrogen-bond donors (Lipinski definition) is 2. The summed E-state index contributed by atoms with van der Waals surface area (Å²) >= 11 is 1.53. The summed E-state index contributed by atoms with van der Waals surface area (Å²) in [6, 6.07) is 3.18. The Labute approximate surface area is 103 Å². The molecule has 0 bridgehead atoms. The smallest absolute Gasteiger partial charge is 0.251 e. The largest absolute Gasteiger partial charge is 0.384 e. The monoisotopic (exact) mass is 248 g/mol. The summed E-state index contributed by atoms with van der Waals surface area (Å²) in [7, 11) is 0. The van der Waals surface area contributed by atoms with Crippen LogP contribution in [0, 0.1) is 6.92 Å². The van der Waals surface area contributed by atoms with E-state index in [1.54, 1.807) is 17.6 Å². The maximum absolute atomic E-state index is 11.8. The Balaban J connectivity index is 2.01. The van der Waals surface area contributed by atoms with Crippen LogP contribution in [0.5, 0.6) is 0 Å². The number of aryl methyl sites for hydroxylation is 1. The molecule has 0 saturated carbocycles. The number of amides is 1. The van der Waals surface area contributed by atoms with E-state index in [9.17, 15) is 4.79 Å². The lowest BCUT2D eigenvalue weighted by Gasteiger charge is -2.04. The van der Waals surface area contributed by atoms with Gasteiger partial charge in [0.05, 0.1) is 17.7 Å². The highest BCUT2D eigenvalue weighted by Gasteiger charge is 2.07. The summed E-state index contributed by atoms with van der Waals surface area (Å²) < 4.78 is 0. The van der Waals surface area contributed by atoms with Crippen molar-refractivity contribution in [2.45, 2.75) is 13.5 Å². The minimum absolute atomic E-state index is 0.160. The van der Waals surface area contributed by atoms with Gasteiger partial charge < -0.3 is 11.1 Å². The van der Waals surface area contributed by atoms with E-state index in [1.807, 2.05) is 6.92 Å². The first-order valence-corrected chi connectivity index (χ1v) is 5.93. The van der Waals surface area contributed by atoms with Crippen LogP contribution in [0.25, 0.3) is 0 Å². The Morgan fingerprint density at radius 2 is 2.35 bits per heavy atom. The molecule has 0 saturated heterocycles. The summed E-state index contributed by atoms with van der Waals surface area (Å²) in [5.74, 6) is 0.179. The Kier molecular flexibility index (Phi) is 3.34. The normalized spacial score (nSPS) is 10.2. The minimum Gasteiger partial charge on any atom is -0.384 e. The van der Waals surface area contributed by atoms with Crippen molar-refractivity contribution in [1.29, 1.82) is 0 Å². The highest BCUT2D eigenvalue weighted by Crippen LogP contribution is 2.11. The van der Waals surface area contributed by atoms with E-state index in [-0.39, 0.29) is 5.91 Å². The third kappa shape index (κ3) is 2.79. The fraction of sp³-hybridized carbons (Fsp3) is 0.182. The van der Waals surface area contributed by atoms with E-state index in [4.69, 9.17) is 5.73 Å². The van der Waals surface area contributed by atoms with Gasteiger partial charge in [-0.05, 0) is 19.1 Å². The third-order valence-electron chi connectivity index (χ3n) is 2.30. The lowest BCUT2D eigenvalue weighted by molar-refractivity contribution is 0.0951. The molecule has 0 atom stereocenters. The molecule has 5 nitrogen and oxygen atoms in total. The average Bonchev–Trinajstić information content (AvgIpc) is 2.72. The predicted molar refractivity (Wildman–Crippen MR) is 66.7 cm³/mol. The summed E-state index contributed by atoms with van der Waals surface area (Å²) in [5, 5.41) is 2.82. The SMILES string of the molecule is Cc1ncsc1CNC(=O)c1ccnc(N)c1. The van der Waals surface area contributed by atoms with Crippen molar-refractivity contribution >= 4 is 23.1 Å². The van der Waals surface area contributed by atoms with E-state index in [1.165, 1.54) is 17.5 Å². The molecule has 0 aliphatic carbocycles. The van der Waals surface area contributed by atoms with Gasteiger partial charge in [0.25, 0.3) is 5.91 Å². The topological polar surface area (TPSA) is 80.9 Å². The van der Waals surface area contributed by atoms with Crippen LogP contribution in [0.15, 0.2) is 23.8 Å². The Bertz CT molecular complexity index is 538. The predicted octanol–water partition coefficient (Wildman–Crippen LogP) is 1.36. The minimum atomic E-state index is -0.160. The van der Waals surface area contributed by atoms with Crippen LogP contribution in [-0.4, -0.2) is 15.9 Å². The molecule has 0 aromatic carbocycles. The van der Waals surface area contributed by atoms with Crippen molar-refractivity contribution in [2.75, 3.05) is 5.73 Å². The summed E-state index contributed by atoms with van der Waals surface area (Å²) in [6.45, 7) is 2.40. The van der Waals surface area contributed by atoms with Gasteiger partial charge >= 0.3 is 0 Å². The van der Waals surface area contributed by atoms with Gasteiger partial charge in [-0.25, -0.2) is 9.97 Å². The number of thiazole rings is 1. The van der Waals surface area contributed by atoms with Crippen molar-refractivity contribution < 1.29 is 4.79 Å². The van der Waals surface area contributed by atoms with Gasteiger partial charge in [0.15, 0.2) is 0 Å². The van der Waals surface area contributed by atoms with Crippen LogP contribution in [0.2, 0.25) is 0 Å². The number of carbonyl (C=O) groups excluding carboxylic acids is 1. The molecule has 6 heteroatoms. The number of rotatable bonds is 3. The van der Waals surface area contributed by atoms with E-state index in [2.05, 4.69) is 15.3 Å². The summed E-state index contributed by atoms with van der Waals surface area (Å²) in [4.78, 5) is 20.8. The third-order valence-corrected chi connectivity index (χ3v) is 3.23. The first-order valence-electron chi connectivity index (χ1n) is 5.05. The molecule has 0 aliphatic heterocycles. The van der Waals surface area contributed by atoms with Gasteiger partial charge in [-0.1, -0.05) is 0 Å². The zero-order valence-electron chi connectivity index (χ0n) is 9.30. The molecular formula is C11H12N4OS. The quantitative estimate of drug-likeness (QED) is 0.859. The zero-order valence-corrected chi connectivity index (χ0v) is 10.1. The van der Waals surface area contributed by atoms with Crippen LogP contribution in [-0.2, 0) is 6.54 Å². The maximum Gasteiger partial charge on any atom is 0.251 e. The highest BCUT2D eigenvalue weighted by molar-refractivity contribution is 7.09. The molecule has 0 aliphatic rings. The Morgan fingerprint density at radius 3 is 3.00 bits per heavy atom. The lowest BCUT2D eigenvalue weighted by atomic mass is 10.2. The number of nitrogen functional groups attached to an aromatic ring is 1. The van der Waals surface area contributed by atoms with Gasteiger partial charge in [0, 0.05) is 16.6 Å². The Hall–Kier alpha value is -1.95. The standard InChI is InChI=1S/C11H12N4OS/c1-7-9(17-6-15-7)5-14-11(16)8-2-3-13-10(12)4-8/h2-4,6H,5H2,1H3,(H2,12,13)(H,14,16). The number of nitrogens with zero attached hydrogens (tertiary/aromatic N) is 2. The zero-order chi connectivity index (χ0) is 12.3. The fourth-order valence-corrected chi connectivity index (χ4v) is 2.06. The van der Waals surface area contributed by atoms with Crippen LogP contribution in [0.3, 0.4) is 0 Å². The van der Waals surface area contributed by atoms with Gasteiger partial charge in [0.2, 0.25) is 0 Å². The average molecular weight is 248 g/mol. The van der Waals surface area contributed by atoms with Gasteiger partial charge in [-0.15, -0.1) is 11.3 Å². The molecule has 2 aromatic rings. The van der Waals surface area contributed by atoms with Gasteiger partial charge in [0.1, 0.15) is 5.82 Å². The van der Waals surface area contributed by atoms with Crippen molar-refractivity contribution in [3.8, 4) is 0 Å². The molecular weight excluding hydrogens is 236 g/mol. The number of hydrogen-bond acceptors (Lipinski definition) is 5. The molecule has 3 N–H and O–H groups in total. The molecule has 0 spiro atoms.